The van der Waals surface area contributed by atoms with Crippen LogP contribution >= 0.6 is 0 Å². The zero-order valence-electron chi connectivity index (χ0n) is 11.9. The second-order valence-corrected chi connectivity index (χ2v) is 4.91. The highest BCUT2D eigenvalue weighted by Crippen LogP contribution is 2.20. The quantitative estimate of drug-likeness (QED) is 0.934. The first kappa shape index (κ1) is 14.8. The van der Waals surface area contributed by atoms with Crippen LogP contribution in [-0.4, -0.2) is 23.2 Å². The number of aromatic nitrogens is 1. The lowest BCUT2D eigenvalue weighted by Crippen LogP contribution is -2.31. The van der Waals surface area contributed by atoms with E-state index in [0.717, 1.165) is 0 Å². The summed E-state index contributed by atoms with van der Waals surface area (Å²) in [7, 11) is 0. The van der Waals surface area contributed by atoms with Crippen molar-refractivity contribution in [1.29, 1.82) is 0 Å². The molecule has 2 aromatic rings. The van der Waals surface area contributed by atoms with Gasteiger partial charge in [-0.15, -0.1) is 0 Å². The molecule has 116 valence electrons. The van der Waals surface area contributed by atoms with Crippen molar-refractivity contribution < 1.29 is 18.5 Å². The van der Waals surface area contributed by atoms with Gasteiger partial charge >= 0.3 is 0 Å². The number of hydrogen-bond donors (Lipinski definition) is 1. The molecule has 0 spiro atoms. The van der Waals surface area contributed by atoms with Gasteiger partial charge in [0.25, 0.3) is 5.91 Å². The molecule has 0 saturated carbocycles. The van der Waals surface area contributed by atoms with Crippen LogP contribution in [0.25, 0.3) is 11.3 Å². The minimum absolute atomic E-state index is 0.176. The lowest BCUT2D eigenvalue weighted by atomic mass is 10.1. The first-order chi connectivity index (χ1) is 11.1. The first-order valence-corrected chi connectivity index (χ1v) is 6.87. The predicted molar refractivity (Wildman–Crippen MR) is 79.9 cm³/mol. The molecule has 1 aliphatic heterocycles. The first-order valence-electron chi connectivity index (χ1n) is 6.87. The molecule has 1 aromatic carbocycles. The summed E-state index contributed by atoms with van der Waals surface area (Å²) in [5, 5.41) is 6.54. The Morgan fingerprint density at radius 1 is 1.30 bits per heavy atom. The average Bonchev–Trinajstić information content (AvgIpc) is 3.03. The third kappa shape index (κ3) is 3.57. The molecule has 7 heteroatoms. The summed E-state index contributed by atoms with van der Waals surface area (Å²) in [6, 6.07) is 7.49. The highest BCUT2D eigenvalue weighted by atomic mass is 19.1. The van der Waals surface area contributed by atoms with Gasteiger partial charge in [-0.05, 0) is 24.3 Å². The zero-order chi connectivity index (χ0) is 16.2. The van der Waals surface area contributed by atoms with Gasteiger partial charge < -0.3 is 9.84 Å². The van der Waals surface area contributed by atoms with E-state index < -0.39 is 5.92 Å². The number of aliphatic imine (C=N–C) groups is 1. The van der Waals surface area contributed by atoms with E-state index in [0.29, 0.717) is 17.0 Å². The Bertz CT molecular complexity index is 777. The van der Waals surface area contributed by atoms with Crippen molar-refractivity contribution in [3.63, 3.8) is 0 Å². The summed E-state index contributed by atoms with van der Waals surface area (Å²) in [5.74, 6) is -1.09. The second-order valence-electron chi connectivity index (χ2n) is 4.91. The van der Waals surface area contributed by atoms with Crippen molar-refractivity contribution in [1.82, 2.24) is 10.5 Å². The second kappa shape index (κ2) is 6.35. The zero-order valence-corrected chi connectivity index (χ0v) is 11.9. The number of dihydropyridines is 1. The normalized spacial score (nSPS) is 16.6. The van der Waals surface area contributed by atoms with Crippen LogP contribution in [-0.2, 0) is 16.1 Å². The van der Waals surface area contributed by atoms with E-state index in [1.807, 2.05) is 0 Å². The maximum absolute atomic E-state index is 12.9. The van der Waals surface area contributed by atoms with E-state index in [2.05, 4.69) is 15.5 Å². The van der Waals surface area contributed by atoms with Gasteiger partial charge in [0.2, 0.25) is 5.91 Å². The van der Waals surface area contributed by atoms with Crippen molar-refractivity contribution in [2.24, 2.45) is 10.9 Å². The van der Waals surface area contributed by atoms with Gasteiger partial charge in [-0.25, -0.2) is 9.38 Å². The number of hydrogen-bond acceptors (Lipinski definition) is 4. The van der Waals surface area contributed by atoms with Crippen LogP contribution in [0.3, 0.4) is 0 Å². The van der Waals surface area contributed by atoms with Crippen LogP contribution in [0.15, 0.2) is 52.0 Å². The number of carbonyl (C=O) groups is 2. The summed E-state index contributed by atoms with van der Waals surface area (Å²) < 4.78 is 18.1. The molecule has 1 aliphatic rings. The molecule has 0 radical (unpaired) electrons. The maximum atomic E-state index is 12.9. The number of benzene rings is 1. The molecule has 1 atom stereocenters. The molecule has 2 heterocycles. The van der Waals surface area contributed by atoms with E-state index in [1.165, 1.54) is 30.5 Å². The molecule has 0 fully saturated rings. The van der Waals surface area contributed by atoms with E-state index in [9.17, 15) is 14.0 Å². The van der Waals surface area contributed by atoms with Crippen LogP contribution in [0.1, 0.15) is 5.69 Å². The Kier molecular flexibility index (Phi) is 4.09. The number of halogens is 1. The summed E-state index contributed by atoms with van der Waals surface area (Å²) in [4.78, 5) is 26.4. The topological polar surface area (TPSA) is 84.6 Å². The molecule has 1 aromatic heterocycles. The molecule has 0 saturated heterocycles. The number of amides is 2. The van der Waals surface area contributed by atoms with Crippen molar-refractivity contribution in [2.75, 3.05) is 0 Å². The van der Waals surface area contributed by atoms with Crippen LogP contribution in [0, 0.1) is 11.7 Å². The van der Waals surface area contributed by atoms with E-state index in [1.54, 1.807) is 18.2 Å². The molecule has 0 aliphatic carbocycles. The standard InChI is InChI=1S/C16H12FN3O3/c17-12-4-1-10(2-5-12)14-7-13(20-23-14)9-19-16(22)11-3-6-15(21)18-8-11/h1-8,11H,9H2,(H,19,22). The monoisotopic (exact) mass is 313 g/mol. The third-order valence-corrected chi connectivity index (χ3v) is 3.24. The fourth-order valence-corrected chi connectivity index (χ4v) is 2.03. The highest BCUT2D eigenvalue weighted by Gasteiger charge is 2.17. The predicted octanol–water partition coefficient (Wildman–Crippen LogP) is 1.88. The Morgan fingerprint density at radius 2 is 2.09 bits per heavy atom. The Hall–Kier alpha value is -3.09. The Balaban J connectivity index is 1.60. The van der Waals surface area contributed by atoms with E-state index in [-0.39, 0.29) is 24.2 Å². The molecule has 1 N–H and O–H groups in total. The van der Waals surface area contributed by atoms with E-state index >= 15 is 0 Å². The summed E-state index contributed by atoms with van der Waals surface area (Å²) >= 11 is 0. The number of rotatable bonds is 4. The van der Waals surface area contributed by atoms with Crippen LogP contribution < -0.4 is 5.32 Å². The smallest absolute Gasteiger partial charge is 0.269 e. The van der Waals surface area contributed by atoms with Crippen molar-refractivity contribution in [2.45, 2.75) is 6.54 Å². The van der Waals surface area contributed by atoms with Gasteiger partial charge in [-0.1, -0.05) is 11.2 Å². The fraction of sp³-hybridized carbons (Fsp3) is 0.125. The lowest BCUT2D eigenvalue weighted by Gasteiger charge is -2.09. The molecule has 1 unspecified atom stereocenters. The van der Waals surface area contributed by atoms with E-state index in [4.69, 9.17) is 4.52 Å². The van der Waals surface area contributed by atoms with Crippen LogP contribution in [0.2, 0.25) is 0 Å². The minimum Gasteiger partial charge on any atom is -0.356 e. The molecular weight excluding hydrogens is 301 g/mol. The average molecular weight is 313 g/mol. The van der Waals surface area contributed by atoms with Gasteiger partial charge in [0.05, 0.1) is 12.5 Å². The van der Waals surface area contributed by atoms with Crippen molar-refractivity contribution in [3.8, 4) is 11.3 Å². The summed E-state index contributed by atoms with van der Waals surface area (Å²) in [5.41, 5.74) is 1.22. The van der Waals surface area contributed by atoms with Gasteiger partial charge in [0, 0.05) is 23.9 Å². The molecule has 2 amide bonds. The molecular formula is C16H12FN3O3. The largest absolute Gasteiger partial charge is 0.356 e. The van der Waals surface area contributed by atoms with Crippen LogP contribution in [0.5, 0.6) is 0 Å². The number of carbonyl (C=O) groups excluding carboxylic acids is 2. The minimum atomic E-state index is -0.573. The van der Waals surface area contributed by atoms with Crippen molar-refractivity contribution in [3.05, 3.63) is 54.0 Å². The molecule has 23 heavy (non-hydrogen) atoms. The SMILES string of the molecule is O=C1C=CC(C(=O)NCc2cc(-c3ccc(F)cc3)on2)C=N1. The van der Waals surface area contributed by atoms with Gasteiger partial charge in [0.1, 0.15) is 11.5 Å². The Labute approximate surface area is 130 Å². The summed E-state index contributed by atoms with van der Waals surface area (Å²) in [6.07, 6.45) is 4.04. The molecule has 0 bridgehead atoms. The number of nitrogens with one attached hydrogen (secondary N) is 1. The molecule has 6 nitrogen and oxygen atoms in total. The van der Waals surface area contributed by atoms with Gasteiger partial charge in [0.15, 0.2) is 5.76 Å². The third-order valence-electron chi connectivity index (χ3n) is 3.24. The Morgan fingerprint density at radius 3 is 2.78 bits per heavy atom. The number of nitrogens with zero attached hydrogens (tertiary/aromatic N) is 2. The molecule has 3 rings (SSSR count). The van der Waals surface area contributed by atoms with Gasteiger partial charge in [-0.2, -0.15) is 0 Å². The highest BCUT2D eigenvalue weighted by molar-refractivity contribution is 6.05. The maximum Gasteiger partial charge on any atom is 0.269 e. The van der Waals surface area contributed by atoms with Crippen LogP contribution in [0.4, 0.5) is 4.39 Å². The summed E-state index contributed by atoms with van der Waals surface area (Å²) in [6.45, 7) is 0.176. The fourth-order valence-electron chi connectivity index (χ4n) is 2.03. The van der Waals surface area contributed by atoms with Gasteiger partial charge in [-0.3, -0.25) is 9.59 Å². The lowest BCUT2D eigenvalue weighted by molar-refractivity contribution is -0.122. The van der Waals surface area contributed by atoms with Crippen molar-refractivity contribution >= 4 is 18.0 Å².